The Labute approximate surface area is 159 Å². The van der Waals surface area contributed by atoms with E-state index in [9.17, 15) is 19.2 Å². The number of rotatable bonds is 6. The fourth-order valence-corrected chi connectivity index (χ4v) is 2.98. The van der Waals surface area contributed by atoms with Gasteiger partial charge in [-0.3, -0.25) is 23.5 Å². The van der Waals surface area contributed by atoms with Gasteiger partial charge in [-0.25, -0.2) is 9.78 Å². The Kier molecular flexibility index (Phi) is 5.12. The minimum atomic E-state index is -0.892. The number of nitrogens with one attached hydrogen (secondary N) is 1. The van der Waals surface area contributed by atoms with Crippen LogP contribution in [0.5, 0.6) is 0 Å². The molecule has 146 valence electrons. The van der Waals surface area contributed by atoms with Gasteiger partial charge < -0.3 is 15.6 Å². The average Bonchev–Trinajstić information content (AvgIpc) is 3.08. The van der Waals surface area contributed by atoms with E-state index >= 15 is 0 Å². The summed E-state index contributed by atoms with van der Waals surface area (Å²) in [6.07, 6.45) is 1.56. The Hall–Kier alpha value is -3.69. The van der Waals surface area contributed by atoms with E-state index in [0.717, 1.165) is 10.1 Å². The number of nitrogens with zero attached hydrogens (tertiary/aromatic N) is 4. The summed E-state index contributed by atoms with van der Waals surface area (Å²) in [7, 11) is 2.84. The smallest absolute Gasteiger partial charge is 0.332 e. The van der Waals surface area contributed by atoms with Crippen LogP contribution < -0.4 is 22.3 Å². The molecule has 0 saturated heterocycles. The van der Waals surface area contributed by atoms with Gasteiger partial charge in [0.15, 0.2) is 11.2 Å². The number of benzene rings is 1. The van der Waals surface area contributed by atoms with Gasteiger partial charge in [0.2, 0.25) is 11.8 Å². The predicted molar refractivity (Wildman–Crippen MR) is 101 cm³/mol. The van der Waals surface area contributed by atoms with E-state index in [1.54, 1.807) is 0 Å². The van der Waals surface area contributed by atoms with Crippen molar-refractivity contribution >= 4 is 23.0 Å². The summed E-state index contributed by atoms with van der Waals surface area (Å²) in [6.45, 7) is -0.248. The summed E-state index contributed by atoms with van der Waals surface area (Å²) in [5.41, 5.74) is 5.50. The predicted octanol–water partition coefficient (Wildman–Crippen LogP) is -1.35. The second-order valence-corrected chi connectivity index (χ2v) is 6.46. The number of aryl methyl sites for hydroxylation is 1. The summed E-state index contributed by atoms with van der Waals surface area (Å²) in [4.78, 5) is 52.6. The molecule has 1 aromatic carbocycles. The van der Waals surface area contributed by atoms with Crippen molar-refractivity contribution in [3.8, 4) is 0 Å². The molecule has 2 heterocycles. The SMILES string of the molecule is Cn1c(=O)c2c(ncn2CC(=O)N[C@H](Cc2ccccc2)C(N)=O)n(C)c1=O. The number of fused-ring (bicyclic) bond motifs is 1. The second kappa shape index (κ2) is 7.51. The standard InChI is InChI=1S/C18H20N6O4/c1-22-16-14(17(27)23(2)18(22)28)24(10-20-16)9-13(25)21-12(15(19)26)8-11-6-4-3-5-7-11/h3-7,10,12H,8-9H2,1-2H3,(H2,19,26)(H,21,25)/t12-/m1/s1. The Morgan fingerprint density at radius 1 is 1.14 bits per heavy atom. The molecule has 0 saturated carbocycles. The zero-order chi connectivity index (χ0) is 20.4. The molecule has 0 aliphatic carbocycles. The first-order valence-corrected chi connectivity index (χ1v) is 8.53. The van der Waals surface area contributed by atoms with E-state index < -0.39 is 29.1 Å². The number of nitrogens with two attached hydrogens (primary N) is 1. The Balaban J connectivity index is 1.83. The molecular weight excluding hydrogens is 364 g/mol. The minimum Gasteiger partial charge on any atom is -0.368 e. The van der Waals surface area contributed by atoms with Crippen LogP contribution in [-0.2, 0) is 36.6 Å². The van der Waals surface area contributed by atoms with Gasteiger partial charge in [0.25, 0.3) is 5.56 Å². The summed E-state index contributed by atoms with van der Waals surface area (Å²) >= 11 is 0. The summed E-state index contributed by atoms with van der Waals surface area (Å²) in [5.74, 6) is -1.17. The Morgan fingerprint density at radius 3 is 2.46 bits per heavy atom. The molecule has 0 unspecified atom stereocenters. The first-order valence-electron chi connectivity index (χ1n) is 8.53. The number of imidazole rings is 1. The monoisotopic (exact) mass is 384 g/mol. The van der Waals surface area contributed by atoms with Crippen LogP contribution >= 0.6 is 0 Å². The quantitative estimate of drug-likeness (QED) is 0.542. The first kappa shape index (κ1) is 19.1. The molecule has 3 rings (SSSR count). The highest BCUT2D eigenvalue weighted by Crippen LogP contribution is 2.06. The Morgan fingerprint density at radius 2 is 1.82 bits per heavy atom. The second-order valence-electron chi connectivity index (χ2n) is 6.46. The molecule has 0 spiro atoms. The molecule has 0 aliphatic heterocycles. The molecule has 10 heteroatoms. The van der Waals surface area contributed by atoms with E-state index in [4.69, 9.17) is 5.73 Å². The van der Waals surface area contributed by atoms with Crippen LogP contribution in [0.2, 0.25) is 0 Å². The van der Waals surface area contributed by atoms with Crippen molar-refractivity contribution in [2.75, 3.05) is 0 Å². The molecule has 10 nitrogen and oxygen atoms in total. The zero-order valence-corrected chi connectivity index (χ0v) is 15.5. The van der Waals surface area contributed by atoms with E-state index in [-0.39, 0.29) is 24.1 Å². The van der Waals surface area contributed by atoms with E-state index in [2.05, 4.69) is 10.3 Å². The first-order chi connectivity index (χ1) is 13.3. The van der Waals surface area contributed by atoms with Gasteiger partial charge in [-0.1, -0.05) is 30.3 Å². The molecule has 28 heavy (non-hydrogen) atoms. The lowest BCUT2D eigenvalue weighted by molar-refractivity contribution is -0.127. The van der Waals surface area contributed by atoms with Crippen molar-refractivity contribution in [1.82, 2.24) is 24.0 Å². The zero-order valence-electron chi connectivity index (χ0n) is 15.5. The summed E-state index contributed by atoms with van der Waals surface area (Å²) in [6, 6.07) is 8.27. The van der Waals surface area contributed by atoms with Gasteiger partial charge in [0.1, 0.15) is 12.6 Å². The van der Waals surface area contributed by atoms with Crippen LogP contribution in [0.25, 0.3) is 11.2 Å². The van der Waals surface area contributed by atoms with Crippen molar-refractivity contribution in [3.05, 3.63) is 63.1 Å². The molecule has 0 aliphatic rings. The number of primary amides is 1. The van der Waals surface area contributed by atoms with Crippen LogP contribution in [0.1, 0.15) is 5.56 Å². The van der Waals surface area contributed by atoms with Gasteiger partial charge in [-0.05, 0) is 5.56 Å². The third-order valence-corrected chi connectivity index (χ3v) is 4.49. The van der Waals surface area contributed by atoms with E-state index in [1.165, 1.54) is 29.6 Å². The third-order valence-electron chi connectivity index (χ3n) is 4.49. The van der Waals surface area contributed by atoms with Crippen molar-refractivity contribution in [2.24, 2.45) is 19.8 Å². The molecule has 3 aromatic rings. The maximum atomic E-state index is 12.5. The van der Waals surface area contributed by atoms with Crippen LogP contribution in [0.3, 0.4) is 0 Å². The highest BCUT2D eigenvalue weighted by Gasteiger charge is 2.20. The molecule has 2 aromatic heterocycles. The number of hydrogen-bond acceptors (Lipinski definition) is 5. The van der Waals surface area contributed by atoms with Crippen LogP contribution in [0.4, 0.5) is 0 Å². The van der Waals surface area contributed by atoms with Gasteiger partial charge >= 0.3 is 5.69 Å². The largest absolute Gasteiger partial charge is 0.368 e. The van der Waals surface area contributed by atoms with Crippen LogP contribution in [-0.4, -0.2) is 36.5 Å². The lowest BCUT2D eigenvalue weighted by Crippen LogP contribution is -2.47. The molecular formula is C18H20N6O4. The molecule has 0 radical (unpaired) electrons. The van der Waals surface area contributed by atoms with Crippen molar-refractivity contribution < 1.29 is 9.59 Å². The Bertz CT molecular complexity index is 1160. The minimum absolute atomic E-state index is 0.124. The van der Waals surface area contributed by atoms with Gasteiger partial charge in [-0.15, -0.1) is 0 Å². The molecule has 3 N–H and O–H groups in total. The van der Waals surface area contributed by atoms with Crippen molar-refractivity contribution in [1.29, 1.82) is 0 Å². The van der Waals surface area contributed by atoms with Gasteiger partial charge in [-0.2, -0.15) is 0 Å². The van der Waals surface area contributed by atoms with Crippen molar-refractivity contribution in [3.63, 3.8) is 0 Å². The third kappa shape index (κ3) is 3.56. The van der Waals surface area contributed by atoms with Crippen LogP contribution in [0.15, 0.2) is 46.2 Å². The number of aromatic nitrogens is 4. The summed E-state index contributed by atoms with van der Waals surface area (Å²) in [5, 5.41) is 2.59. The maximum Gasteiger partial charge on any atom is 0.332 e. The summed E-state index contributed by atoms with van der Waals surface area (Å²) < 4.78 is 3.51. The molecule has 0 fully saturated rings. The molecule has 2 amide bonds. The topological polar surface area (TPSA) is 134 Å². The van der Waals surface area contributed by atoms with E-state index in [0.29, 0.717) is 0 Å². The number of carbonyl (C=O) groups is 2. The fraction of sp³-hybridized carbons (Fsp3) is 0.278. The van der Waals surface area contributed by atoms with Gasteiger partial charge in [0.05, 0.1) is 6.33 Å². The molecule has 1 atom stereocenters. The number of amides is 2. The normalized spacial score (nSPS) is 12.1. The van der Waals surface area contributed by atoms with Crippen LogP contribution in [0, 0.1) is 0 Å². The molecule has 0 bridgehead atoms. The van der Waals surface area contributed by atoms with Gasteiger partial charge in [0, 0.05) is 20.5 Å². The van der Waals surface area contributed by atoms with E-state index in [1.807, 2.05) is 30.3 Å². The number of carbonyl (C=O) groups excluding carboxylic acids is 2. The highest BCUT2D eigenvalue weighted by atomic mass is 16.2. The average molecular weight is 384 g/mol. The lowest BCUT2D eigenvalue weighted by Gasteiger charge is -2.16. The maximum absolute atomic E-state index is 12.5. The van der Waals surface area contributed by atoms with Crippen molar-refractivity contribution in [2.45, 2.75) is 19.0 Å². The lowest BCUT2D eigenvalue weighted by atomic mass is 10.1. The fourth-order valence-electron chi connectivity index (χ4n) is 2.98. The number of hydrogen-bond donors (Lipinski definition) is 2. The highest BCUT2D eigenvalue weighted by molar-refractivity contribution is 5.87.